The van der Waals surface area contributed by atoms with Crippen molar-refractivity contribution in [1.29, 1.82) is 0 Å². The van der Waals surface area contributed by atoms with E-state index in [1.807, 2.05) is 35.4 Å². The van der Waals surface area contributed by atoms with Gasteiger partial charge in [0.25, 0.3) is 0 Å². The number of amides is 1. The van der Waals surface area contributed by atoms with Gasteiger partial charge in [-0.1, -0.05) is 0 Å². The largest absolute Gasteiger partial charge is 0.465 e. The molecule has 4 nitrogen and oxygen atoms in total. The van der Waals surface area contributed by atoms with Crippen LogP contribution in [0.3, 0.4) is 0 Å². The molecule has 0 aromatic carbocycles. The van der Waals surface area contributed by atoms with Gasteiger partial charge in [0.05, 0.1) is 18.3 Å². The molecule has 1 amide bonds. The first-order valence-electron chi connectivity index (χ1n) is 7.36. The van der Waals surface area contributed by atoms with Crippen LogP contribution in [-0.2, 0) is 11.3 Å². The normalized spacial score (nSPS) is 25.8. The summed E-state index contributed by atoms with van der Waals surface area (Å²) in [5.74, 6) is 2.20. The smallest absolute Gasteiger partial charge is 0.228 e. The summed E-state index contributed by atoms with van der Waals surface area (Å²) in [4.78, 5) is 16.8. The van der Waals surface area contributed by atoms with Crippen molar-refractivity contribution in [2.75, 3.05) is 11.4 Å². The molecular weight excluding hydrogens is 284 g/mol. The average molecular weight is 302 g/mol. The van der Waals surface area contributed by atoms with Crippen molar-refractivity contribution in [3.63, 3.8) is 0 Å². The third-order valence-electron chi connectivity index (χ3n) is 4.55. The summed E-state index contributed by atoms with van der Waals surface area (Å²) in [6.45, 7) is 3.80. The van der Waals surface area contributed by atoms with Crippen LogP contribution in [0.1, 0.15) is 24.4 Å². The van der Waals surface area contributed by atoms with E-state index in [0.717, 1.165) is 36.7 Å². The molecule has 2 aliphatic rings. The molecule has 0 bridgehead atoms. The average Bonchev–Trinajstić information content (AvgIpc) is 3.18. The molecule has 4 rings (SSSR count). The summed E-state index contributed by atoms with van der Waals surface area (Å²) in [5.41, 5.74) is 1.06. The van der Waals surface area contributed by atoms with Gasteiger partial charge in [0.15, 0.2) is 0 Å². The fourth-order valence-electron chi connectivity index (χ4n) is 3.62. The number of carbonyl (C=O) groups is 1. The lowest BCUT2D eigenvalue weighted by Gasteiger charge is -2.24. The number of thiophene rings is 1. The minimum atomic E-state index is 0.253. The summed E-state index contributed by atoms with van der Waals surface area (Å²) in [5, 5.41) is 4.10. The quantitative estimate of drug-likeness (QED) is 0.874. The SMILES string of the molecule is Cc1ccc(CN2CC[C@H]3[C@H]2CC(=O)N3c2ccsc2)o1. The second-order valence-corrected chi connectivity index (χ2v) is 6.64. The van der Waals surface area contributed by atoms with Crippen molar-refractivity contribution >= 4 is 22.9 Å². The van der Waals surface area contributed by atoms with Gasteiger partial charge < -0.3 is 9.32 Å². The molecule has 0 N–H and O–H groups in total. The highest BCUT2D eigenvalue weighted by atomic mass is 32.1. The fraction of sp³-hybridized carbons (Fsp3) is 0.438. The Hall–Kier alpha value is -1.59. The molecule has 0 unspecified atom stereocenters. The van der Waals surface area contributed by atoms with Crippen molar-refractivity contribution in [2.24, 2.45) is 0 Å². The molecule has 2 saturated heterocycles. The van der Waals surface area contributed by atoms with Crippen LogP contribution in [-0.4, -0.2) is 29.4 Å². The van der Waals surface area contributed by atoms with E-state index >= 15 is 0 Å². The molecule has 2 aromatic rings. The highest BCUT2D eigenvalue weighted by Crippen LogP contribution is 2.37. The second kappa shape index (κ2) is 5.00. The van der Waals surface area contributed by atoms with E-state index < -0.39 is 0 Å². The molecule has 2 atom stereocenters. The van der Waals surface area contributed by atoms with Crippen LogP contribution in [0.15, 0.2) is 33.4 Å². The zero-order valence-corrected chi connectivity index (χ0v) is 12.8. The number of aryl methyl sites for hydroxylation is 1. The number of nitrogens with zero attached hydrogens (tertiary/aromatic N) is 2. The van der Waals surface area contributed by atoms with Crippen molar-refractivity contribution in [3.8, 4) is 0 Å². The van der Waals surface area contributed by atoms with Gasteiger partial charge in [-0.3, -0.25) is 9.69 Å². The van der Waals surface area contributed by atoms with Crippen molar-refractivity contribution < 1.29 is 9.21 Å². The lowest BCUT2D eigenvalue weighted by molar-refractivity contribution is -0.117. The Kier molecular flexibility index (Phi) is 3.12. The Morgan fingerprint density at radius 2 is 2.24 bits per heavy atom. The number of likely N-dealkylation sites (tertiary alicyclic amines) is 1. The van der Waals surface area contributed by atoms with E-state index in [9.17, 15) is 4.79 Å². The summed E-state index contributed by atoms with van der Waals surface area (Å²) in [6.07, 6.45) is 1.67. The Morgan fingerprint density at radius 1 is 1.33 bits per heavy atom. The zero-order valence-electron chi connectivity index (χ0n) is 12.0. The first-order valence-corrected chi connectivity index (χ1v) is 8.30. The zero-order chi connectivity index (χ0) is 14.4. The van der Waals surface area contributed by atoms with Crippen molar-refractivity contribution in [3.05, 3.63) is 40.5 Å². The van der Waals surface area contributed by atoms with E-state index in [-0.39, 0.29) is 5.91 Å². The molecule has 5 heteroatoms. The second-order valence-electron chi connectivity index (χ2n) is 5.86. The first-order chi connectivity index (χ1) is 10.2. The van der Waals surface area contributed by atoms with Crippen LogP contribution in [0.25, 0.3) is 0 Å². The Labute approximate surface area is 128 Å². The predicted molar refractivity (Wildman–Crippen MR) is 82.5 cm³/mol. The van der Waals surface area contributed by atoms with Crippen LogP contribution in [0.4, 0.5) is 5.69 Å². The summed E-state index contributed by atoms with van der Waals surface area (Å²) >= 11 is 1.65. The van der Waals surface area contributed by atoms with Gasteiger partial charge >= 0.3 is 0 Å². The molecule has 0 saturated carbocycles. The molecular formula is C16H18N2O2S. The highest BCUT2D eigenvalue weighted by Gasteiger charge is 2.47. The monoisotopic (exact) mass is 302 g/mol. The molecule has 4 heterocycles. The van der Waals surface area contributed by atoms with E-state index in [1.165, 1.54) is 0 Å². The van der Waals surface area contributed by atoms with E-state index in [1.54, 1.807) is 11.3 Å². The van der Waals surface area contributed by atoms with Gasteiger partial charge in [-0.25, -0.2) is 0 Å². The number of fused-ring (bicyclic) bond motifs is 1. The Bertz CT molecular complexity index is 649. The lowest BCUT2D eigenvalue weighted by Crippen LogP contribution is -2.36. The first kappa shape index (κ1) is 13.1. The highest BCUT2D eigenvalue weighted by molar-refractivity contribution is 7.08. The molecule has 110 valence electrons. The van der Waals surface area contributed by atoms with Gasteiger partial charge in [-0.05, 0) is 36.9 Å². The molecule has 0 aliphatic carbocycles. The minimum Gasteiger partial charge on any atom is -0.465 e. The maximum atomic E-state index is 12.4. The number of hydrogen-bond donors (Lipinski definition) is 0. The number of hydrogen-bond acceptors (Lipinski definition) is 4. The third-order valence-corrected chi connectivity index (χ3v) is 5.22. The maximum Gasteiger partial charge on any atom is 0.228 e. The Morgan fingerprint density at radius 3 is 2.95 bits per heavy atom. The van der Waals surface area contributed by atoms with Crippen LogP contribution in [0.5, 0.6) is 0 Å². The topological polar surface area (TPSA) is 36.7 Å². The fourth-order valence-corrected chi connectivity index (χ4v) is 4.25. The van der Waals surface area contributed by atoms with E-state index in [0.29, 0.717) is 18.5 Å². The maximum absolute atomic E-state index is 12.4. The predicted octanol–water partition coefficient (Wildman–Crippen LogP) is 3.03. The van der Waals surface area contributed by atoms with Crippen molar-refractivity contribution in [1.82, 2.24) is 4.90 Å². The molecule has 21 heavy (non-hydrogen) atoms. The molecule has 2 fully saturated rings. The van der Waals surface area contributed by atoms with E-state index in [4.69, 9.17) is 4.42 Å². The van der Waals surface area contributed by atoms with Crippen LogP contribution in [0, 0.1) is 6.92 Å². The number of anilines is 1. The summed E-state index contributed by atoms with van der Waals surface area (Å²) in [7, 11) is 0. The van der Waals surface area contributed by atoms with Crippen molar-refractivity contribution in [2.45, 2.75) is 38.4 Å². The lowest BCUT2D eigenvalue weighted by atomic mass is 10.1. The third kappa shape index (κ3) is 2.21. The minimum absolute atomic E-state index is 0.253. The van der Waals surface area contributed by atoms with Gasteiger partial charge in [0.1, 0.15) is 11.5 Å². The van der Waals surface area contributed by atoms with Crippen LogP contribution >= 0.6 is 11.3 Å². The summed E-state index contributed by atoms with van der Waals surface area (Å²) in [6, 6.07) is 6.73. The number of carbonyl (C=O) groups excluding carboxylic acids is 1. The Balaban J connectivity index is 1.53. The van der Waals surface area contributed by atoms with Gasteiger partial charge in [-0.15, -0.1) is 0 Å². The number of rotatable bonds is 3. The summed E-state index contributed by atoms with van der Waals surface area (Å²) < 4.78 is 5.68. The molecule has 2 aromatic heterocycles. The molecule has 0 radical (unpaired) electrons. The number of furan rings is 1. The van der Waals surface area contributed by atoms with Crippen LogP contribution < -0.4 is 4.90 Å². The van der Waals surface area contributed by atoms with Gasteiger partial charge in [-0.2, -0.15) is 11.3 Å². The van der Waals surface area contributed by atoms with Gasteiger partial charge in [0.2, 0.25) is 5.91 Å². The standard InChI is InChI=1S/C16H18N2O2S/c1-11-2-3-13(20-11)9-17-6-4-14-15(17)8-16(19)18(14)12-5-7-21-10-12/h2-3,5,7,10,14-15H,4,6,8-9H2,1H3/t14-,15+/m0/s1. The molecule has 0 spiro atoms. The molecule has 2 aliphatic heterocycles. The van der Waals surface area contributed by atoms with Gasteiger partial charge in [0, 0.05) is 24.4 Å². The van der Waals surface area contributed by atoms with Crippen LogP contribution in [0.2, 0.25) is 0 Å². The van der Waals surface area contributed by atoms with E-state index in [2.05, 4.69) is 10.3 Å².